The van der Waals surface area contributed by atoms with Crippen LogP contribution in [0.4, 0.5) is 0 Å². The molecule has 0 aliphatic rings. The maximum Gasteiger partial charge on any atom is 0.0571 e. The van der Waals surface area contributed by atoms with Crippen molar-refractivity contribution in [3.63, 3.8) is 0 Å². The van der Waals surface area contributed by atoms with Crippen LogP contribution in [0.1, 0.15) is 26.2 Å². The van der Waals surface area contributed by atoms with Gasteiger partial charge in [-0.05, 0) is 19.8 Å². The van der Waals surface area contributed by atoms with E-state index in [-0.39, 0.29) is 6.10 Å². The summed E-state index contributed by atoms with van der Waals surface area (Å²) in [6.45, 7) is 3.28. The second-order valence-electron chi connectivity index (χ2n) is 2.38. The van der Waals surface area contributed by atoms with Gasteiger partial charge in [-0.15, -0.1) is 12.3 Å². The van der Waals surface area contributed by atoms with Crippen molar-refractivity contribution in [2.24, 2.45) is 0 Å². The van der Waals surface area contributed by atoms with Gasteiger partial charge in [0.15, 0.2) is 0 Å². The molecule has 11 heavy (non-hydrogen) atoms. The number of ether oxygens (including phenoxy) is 1. The van der Waals surface area contributed by atoms with Crippen LogP contribution in [-0.2, 0) is 4.74 Å². The summed E-state index contributed by atoms with van der Waals surface area (Å²) >= 11 is 0. The lowest BCUT2D eigenvalue weighted by atomic mass is 10.1. The van der Waals surface area contributed by atoms with Crippen molar-refractivity contribution in [2.75, 3.05) is 13.2 Å². The van der Waals surface area contributed by atoms with Gasteiger partial charge >= 0.3 is 0 Å². The lowest BCUT2D eigenvalue weighted by Crippen LogP contribution is -2.09. The maximum absolute atomic E-state index is 9.23. The number of hydrogen-bond acceptors (Lipinski definition) is 2. The van der Waals surface area contributed by atoms with Crippen LogP contribution in [-0.4, -0.2) is 24.4 Å². The van der Waals surface area contributed by atoms with Crippen molar-refractivity contribution in [1.29, 1.82) is 0 Å². The molecule has 0 radical (unpaired) electrons. The van der Waals surface area contributed by atoms with Crippen molar-refractivity contribution in [1.82, 2.24) is 0 Å². The van der Waals surface area contributed by atoms with Crippen LogP contribution < -0.4 is 0 Å². The van der Waals surface area contributed by atoms with Crippen LogP contribution in [0.2, 0.25) is 0 Å². The predicted octanol–water partition coefficient (Wildman–Crippen LogP) is 1.19. The van der Waals surface area contributed by atoms with Gasteiger partial charge in [-0.2, -0.15) is 0 Å². The molecule has 0 saturated heterocycles. The molecule has 1 N–H and O–H groups in total. The monoisotopic (exact) mass is 156 g/mol. The summed E-state index contributed by atoms with van der Waals surface area (Å²) in [6.07, 6.45) is 6.77. The van der Waals surface area contributed by atoms with Gasteiger partial charge in [-0.1, -0.05) is 0 Å². The van der Waals surface area contributed by atoms with Crippen LogP contribution in [0.5, 0.6) is 0 Å². The Hall–Kier alpha value is -0.520. The third-order valence-electron chi connectivity index (χ3n) is 1.42. The Balaban J connectivity index is 3.10. The first kappa shape index (κ1) is 10.5. The molecule has 64 valence electrons. The lowest BCUT2D eigenvalue weighted by Gasteiger charge is -2.07. The number of aliphatic hydroxyl groups excluding tert-OH is 1. The number of terminal acetylenes is 1. The summed E-state index contributed by atoms with van der Waals surface area (Å²) in [5, 5.41) is 9.23. The molecule has 0 heterocycles. The number of hydrogen-bond donors (Lipinski definition) is 1. The Morgan fingerprint density at radius 1 is 1.55 bits per heavy atom. The highest BCUT2D eigenvalue weighted by Gasteiger charge is 2.01. The van der Waals surface area contributed by atoms with Gasteiger partial charge in [0.05, 0.1) is 6.10 Å². The summed E-state index contributed by atoms with van der Waals surface area (Å²) in [7, 11) is 0. The number of rotatable bonds is 6. The number of aliphatic hydroxyl groups is 1. The highest BCUT2D eigenvalue weighted by molar-refractivity contribution is 4.84. The highest BCUT2D eigenvalue weighted by atomic mass is 16.5. The minimum atomic E-state index is -0.294. The molecule has 2 heteroatoms. The Morgan fingerprint density at radius 3 is 2.82 bits per heavy atom. The highest BCUT2D eigenvalue weighted by Crippen LogP contribution is 2.00. The SMILES string of the molecule is C#CCCC(O)CCOCC. The maximum atomic E-state index is 9.23. The van der Waals surface area contributed by atoms with E-state index in [1.807, 2.05) is 6.92 Å². The molecule has 1 unspecified atom stereocenters. The van der Waals surface area contributed by atoms with Gasteiger partial charge in [-0.3, -0.25) is 0 Å². The van der Waals surface area contributed by atoms with Crippen LogP contribution in [0.3, 0.4) is 0 Å². The molecule has 0 amide bonds. The van der Waals surface area contributed by atoms with Crippen molar-refractivity contribution in [2.45, 2.75) is 32.3 Å². The molecule has 0 aromatic carbocycles. The third-order valence-corrected chi connectivity index (χ3v) is 1.42. The molecular weight excluding hydrogens is 140 g/mol. The Bertz CT molecular complexity index is 115. The topological polar surface area (TPSA) is 29.5 Å². The molecule has 0 aliphatic carbocycles. The van der Waals surface area contributed by atoms with Gasteiger partial charge in [0.25, 0.3) is 0 Å². The summed E-state index contributed by atoms with van der Waals surface area (Å²) < 4.78 is 5.07. The van der Waals surface area contributed by atoms with Crippen LogP contribution in [0.15, 0.2) is 0 Å². The molecule has 0 bridgehead atoms. The first-order valence-electron chi connectivity index (χ1n) is 4.00. The largest absolute Gasteiger partial charge is 0.393 e. The Morgan fingerprint density at radius 2 is 2.27 bits per heavy atom. The van der Waals surface area contributed by atoms with E-state index in [0.717, 1.165) is 0 Å². The molecule has 0 fully saturated rings. The third kappa shape index (κ3) is 7.38. The van der Waals surface area contributed by atoms with E-state index in [1.165, 1.54) is 0 Å². The molecule has 0 aromatic heterocycles. The molecule has 0 rings (SSSR count). The average Bonchev–Trinajstić information content (AvgIpc) is 2.01. The van der Waals surface area contributed by atoms with Crippen molar-refractivity contribution in [3.8, 4) is 12.3 Å². The van der Waals surface area contributed by atoms with E-state index in [9.17, 15) is 5.11 Å². The molecule has 2 nitrogen and oxygen atoms in total. The Labute approximate surface area is 68.6 Å². The quantitative estimate of drug-likeness (QED) is 0.462. The van der Waals surface area contributed by atoms with Gasteiger partial charge in [0.1, 0.15) is 0 Å². The average molecular weight is 156 g/mol. The van der Waals surface area contributed by atoms with E-state index >= 15 is 0 Å². The zero-order valence-electron chi connectivity index (χ0n) is 7.05. The van der Waals surface area contributed by atoms with Crippen molar-refractivity contribution < 1.29 is 9.84 Å². The van der Waals surface area contributed by atoms with Crippen LogP contribution in [0.25, 0.3) is 0 Å². The van der Waals surface area contributed by atoms with Gasteiger partial charge in [0.2, 0.25) is 0 Å². The van der Waals surface area contributed by atoms with Crippen LogP contribution in [0, 0.1) is 12.3 Å². The molecule has 1 atom stereocenters. The zero-order chi connectivity index (χ0) is 8.53. The van der Waals surface area contributed by atoms with Gasteiger partial charge < -0.3 is 9.84 Å². The molecule has 0 saturated carbocycles. The summed E-state index contributed by atoms with van der Waals surface area (Å²) in [6, 6.07) is 0. The van der Waals surface area contributed by atoms with E-state index in [0.29, 0.717) is 32.5 Å². The molecule has 0 spiro atoms. The molecule has 0 aliphatic heterocycles. The van der Waals surface area contributed by atoms with Gasteiger partial charge in [-0.25, -0.2) is 0 Å². The Kier molecular flexibility index (Phi) is 7.23. The van der Waals surface area contributed by atoms with E-state index < -0.39 is 0 Å². The second kappa shape index (κ2) is 7.59. The zero-order valence-corrected chi connectivity index (χ0v) is 7.05. The minimum absolute atomic E-state index is 0.294. The van der Waals surface area contributed by atoms with Crippen molar-refractivity contribution >= 4 is 0 Å². The fourth-order valence-corrected chi connectivity index (χ4v) is 0.758. The molecule has 0 aromatic rings. The normalized spacial score (nSPS) is 12.5. The first-order valence-corrected chi connectivity index (χ1v) is 4.00. The first-order chi connectivity index (χ1) is 5.31. The summed E-state index contributed by atoms with van der Waals surface area (Å²) in [5.74, 6) is 2.49. The van der Waals surface area contributed by atoms with Gasteiger partial charge in [0, 0.05) is 19.6 Å². The van der Waals surface area contributed by atoms with Crippen molar-refractivity contribution in [3.05, 3.63) is 0 Å². The van der Waals surface area contributed by atoms with E-state index in [2.05, 4.69) is 5.92 Å². The fraction of sp³-hybridized carbons (Fsp3) is 0.778. The predicted molar refractivity (Wildman–Crippen MR) is 45.2 cm³/mol. The summed E-state index contributed by atoms with van der Waals surface area (Å²) in [5.41, 5.74) is 0. The standard InChI is InChI=1S/C9H16O2/c1-3-5-6-9(10)7-8-11-4-2/h1,9-10H,4-8H2,2H3. The van der Waals surface area contributed by atoms with E-state index in [1.54, 1.807) is 0 Å². The second-order valence-corrected chi connectivity index (χ2v) is 2.38. The smallest absolute Gasteiger partial charge is 0.0571 e. The lowest BCUT2D eigenvalue weighted by molar-refractivity contribution is 0.0851. The fourth-order valence-electron chi connectivity index (χ4n) is 0.758. The van der Waals surface area contributed by atoms with Crippen LogP contribution >= 0.6 is 0 Å². The summed E-state index contributed by atoms with van der Waals surface area (Å²) in [4.78, 5) is 0. The molecular formula is C9H16O2. The minimum Gasteiger partial charge on any atom is -0.393 e. The van der Waals surface area contributed by atoms with E-state index in [4.69, 9.17) is 11.2 Å².